The maximum absolute atomic E-state index is 12.4. The molecule has 3 heterocycles. The first kappa shape index (κ1) is 18.2. The number of nitrogens with zero attached hydrogens (tertiary/aromatic N) is 3. The van der Waals surface area contributed by atoms with Crippen LogP contribution in [0.4, 0.5) is 10.5 Å². The van der Waals surface area contributed by atoms with Crippen molar-refractivity contribution in [3.63, 3.8) is 0 Å². The Bertz CT molecular complexity index is 1140. The van der Waals surface area contributed by atoms with Gasteiger partial charge in [0.2, 0.25) is 0 Å². The molecule has 0 saturated carbocycles. The zero-order valence-electron chi connectivity index (χ0n) is 14.5. The second kappa shape index (κ2) is 7.83. The highest BCUT2D eigenvalue weighted by atomic mass is 35.5. The number of aromatic nitrogens is 3. The Kier molecular flexibility index (Phi) is 5.09. The molecule has 0 aliphatic heterocycles. The molecule has 28 heavy (non-hydrogen) atoms. The molecule has 4 rings (SSSR count). The first-order valence-corrected chi connectivity index (χ1v) is 9.33. The molecule has 0 radical (unpaired) electrons. The highest BCUT2D eigenvalue weighted by Crippen LogP contribution is 2.32. The number of aryl methyl sites for hydroxylation is 1. The number of nitrogens with one attached hydrogen (secondary N) is 1. The van der Waals surface area contributed by atoms with Crippen LogP contribution in [0, 0.1) is 6.92 Å². The van der Waals surface area contributed by atoms with E-state index < -0.39 is 6.09 Å². The van der Waals surface area contributed by atoms with E-state index in [0.717, 1.165) is 10.4 Å². The van der Waals surface area contributed by atoms with Gasteiger partial charge in [-0.15, -0.1) is 11.3 Å². The maximum atomic E-state index is 12.4. The third-order valence-electron chi connectivity index (χ3n) is 3.79. The van der Waals surface area contributed by atoms with Crippen molar-refractivity contribution in [1.82, 2.24) is 15.0 Å². The van der Waals surface area contributed by atoms with E-state index >= 15 is 0 Å². The molecular formula is C18H13ClN4O4S. The summed E-state index contributed by atoms with van der Waals surface area (Å²) in [5.74, 6) is 1.35. The molecule has 0 spiro atoms. The normalized spacial score (nSPS) is 10.8. The van der Waals surface area contributed by atoms with Crippen LogP contribution in [0.15, 0.2) is 46.9 Å². The Morgan fingerprint density at radius 2 is 2.21 bits per heavy atom. The SMILES string of the molecule is Cc1ncoc1COc1ccc(Cl)cc1NC(=O)Oc1csc2cncnc12. The van der Waals surface area contributed by atoms with Crippen molar-refractivity contribution >= 4 is 44.9 Å². The van der Waals surface area contributed by atoms with Gasteiger partial charge in [-0.1, -0.05) is 11.6 Å². The first-order chi connectivity index (χ1) is 13.6. The number of oxazole rings is 1. The van der Waals surface area contributed by atoms with E-state index in [1.54, 1.807) is 29.8 Å². The lowest BCUT2D eigenvalue weighted by Crippen LogP contribution is -2.17. The van der Waals surface area contributed by atoms with Gasteiger partial charge in [0.05, 0.1) is 16.1 Å². The second-order valence-corrected chi connectivity index (χ2v) is 6.99. The smallest absolute Gasteiger partial charge is 0.417 e. The standard InChI is InChI=1S/C18H13ClN4O4S/c1-10-14(26-9-22-10)6-25-13-3-2-11(19)4-12(13)23-18(24)27-15-7-28-16-5-20-8-21-17(15)16/h2-5,7-9H,6H2,1H3,(H,23,24). The molecule has 0 bridgehead atoms. The maximum Gasteiger partial charge on any atom is 0.417 e. The topological polar surface area (TPSA) is 99.4 Å². The van der Waals surface area contributed by atoms with Gasteiger partial charge in [-0.25, -0.2) is 19.7 Å². The van der Waals surface area contributed by atoms with Gasteiger partial charge in [-0.05, 0) is 25.1 Å². The van der Waals surface area contributed by atoms with Gasteiger partial charge >= 0.3 is 6.09 Å². The number of thiophene rings is 1. The van der Waals surface area contributed by atoms with Gasteiger partial charge in [0.15, 0.2) is 17.9 Å². The highest BCUT2D eigenvalue weighted by molar-refractivity contribution is 7.17. The molecular weight excluding hydrogens is 404 g/mol. The molecule has 142 valence electrons. The summed E-state index contributed by atoms with van der Waals surface area (Å²) in [7, 11) is 0. The van der Waals surface area contributed by atoms with E-state index in [4.69, 9.17) is 25.5 Å². The molecule has 0 aliphatic rings. The number of carbonyl (C=O) groups is 1. The third-order valence-corrected chi connectivity index (χ3v) is 4.91. The van der Waals surface area contributed by atoms with E-state index in [1.807, 2.05) is 6.92 Å². The quantitative estimate of drug-likeness (QED) is 0.497. The van der Waals surface area contributed by atoms with Gasteiger partial charge in [-0.3, -0.25) is 5.32 Å². The number of anilines is 1. The lowest BCUT2D eigenvalue weighted by atomic mass is 10.3. The molecule has 1 amide bonds. The van der Waals surface area contributed by atoms with Crippen LogP contribution in [0.1, 0.15) is 11.5 Å². The predicted octanol–water partition coefficient (Wildman–Crippen LogP) is 4.83. The van der Waals surface area contributed by atoms with Crippen molar-refractivity contribution in [2.75, 3.05) is 5.32 Å². The molecule has 4 aromatic rings. The molecule has 0 unspecified atom stereocenters. The van der Waals surface area contributed by atoms with Crippen molar-refractivity contribution in [2.24, 2.45) is 0 Å². The van der Waals surface area contributed by atoms with Crippen molar-refractivity contribution in [3.8, 4) is 11.5 Å². The van der Waals surface area contributed by atoms with Crippen LogP contribution >= 0.6 is 22.9 Å². The number of carbonyl (C=O) groups excluding carboxylic acids is 1. The molecule has 0 fully saturated rings. The van der Waals surface area contributed by atoms with E-state index in [1.165, 1.54) is 24.1 Å². The lowest BCUT2D eigenvalue weighted by Gasteiger charge is -2.12. The molecule has 1 aromatic carbocycles. The fourth-order valence-corrected chi connectivity index (χ4v) is 3.36. The van der Waals surface area contributed by atoms with Crippen LogP contribution in [-0.2, 0) is 6.61 Å². The van der Waals surface area contributed by atoms with Crippen molar-refractivity contribution < 1.29 is 18.7 Å². The summed E-state index contributed by atoms with van der Waals surface area (Å²) < 4.78 is 17.2. The number of halogens is 1. The van der Waals surface area contributed by atoms with Crippen LogP contribution in [0.5, 0.6) is 11.5 Å². The molecule has 3 aromatic heterocycles. The monoisotopic (exact) mass is 416 g/mol. The van der Waals surface area contributed by atoms with Crippen LogP contribution in [0.3, 0.4) is 0 Å². The first-order valence-electron chi connectivity index (χ1n) is 8.07. The van der Waals surface area contributed by atoms with Crippen LogP contribution in [-0.4, -0.2) is 21.0 Å². The van der Waals surface area contributed by atoms with Crippen LogP contribution in [0.25, 0.3) is 10.2 Å². The van der Waals surface area contributed by atoms with E-state index in [2.05, 4.69) is 20.3 Å². The summed E-state index contributed by atoms with van der Waals surface area (Å²) in [4.78, 5) is 24.5. The molecule has 10 heteroatoms. The Morgan fingerprint density at radius 1 is 1.32 bits per heavy atom. The summed E-state index contributed by atoms with van der Waals surface area (Å²) in [6.45, 7) is 1.97. The Morgan fingerprint density at radius 3 is 3.04 bits per heavy atom. The van der Waals surface area contributed by atoms with Gasteiger partial charge in [0.1, 0.15) is 24.2 Å². The summed E-state index contributed by atoms with van der Waals surface area (Å²) in [6.07, 6.45) is 3.71. The zero-order valence-corrected chi connectivity index (χ0v) is 16.1. The molecule has 0 aliphatic carbocycles. The Hall–Kier alpha value is -3.17. The minimum absolute atomic E-state index is 0.156. The van der Waals surface area contributed by atoms with Crippen LogP contribution in [0.2, 0.25) is 5.02 Å². The van der Waals surface area contributed by atoms with E-state index in [-0.39, 0.29) is 6.61 Å². The summed E-state index contributed by atoms with van der Waals surface area (Å²) in [6, 6.07) is 4.88. The average Bonchev–Trinajstić information content (AvgIpc) is 3.27. The fourth-order valence-electron chi connectivity index (χ4n) is 2.40. The average molecular weight is 417 g/mol. The number of fused-ring (bicyclic) bond motifs is 1. The van der Waals surface area contributed by atoms with Gasteiger partial charge < -0.3 is 13.9 Å². The number of benzene rings is 1. The summed E-state index contributed by atoms with van der Waals surface area (Å²) in [5, 5.41) is 4.78. The number of hydrogen-bond acceptors (Lipinski definition) is 8. The van der Waals surface area contributed by atoms with Gasteiger partial charge in [0.25, 0.3) is 0 Å². The zero-order chi connectivity index (χ0) is 19.5. The largest absolute Gasteiger partial charge is 0.483 e. The van der Waals surface area contributed by atoms with Crippen molar-refractivity contribution in [1.29, 1.82) is 0 Å². The molecule has 0 saturated heterocycles. The van der Waals surface area contributed by atoms with Crippen molar-refractivity contribution in [3.05, 3.63) is 59.0 Å². The minimum Gasteiger partial charge on any atom is -0.483 e. The summed E-state index contributed by atoms with van der Waals surface area (Å²) in [5.41, 5.74) is 1.66. The van der Waals surface area contributed by atoms with Gasteiger partial charge in [-0.2, -0.15) is 0 Å². The highest BCUT2D eigenvalue weighted by Gasteiger charge is 2.15. The Labute approximate surface area is 168 Å². The second-order valence-electron chi connectivity index (χ2n) is 5.64. The fraction of sp³-hybridized carbons (Fsp3) is 0.111. The third kappa shape index (κ3) is 3.90. The number of ether oxygens (including phenoxy) is 2. The minimum atomic E-state index is -0.693. The number of rotatable bonds is 5. The van der Waals surface area contributed by atoms with E-state index in [0.29, 0.717) is 33.5 Å². The Balaban J connectivity index is 1.49. The summed E-state index contributed by atoms with van der Waals surface area (Å²) >= 11 is 7.44. The number of amides is 1. The molecule has 8 nitrogen and oxygen atoms in total. The molecule has 1 N–H and O–H groups in total. The predicted molar refractivity (Wildman–Crippen MR) is 104 cm³/mol. The van der Waals surface area contributed by atoms with Gasteiger partial charge in [0, 0.05) is 16.6 Å². The van der Waals surface area contributed by atoms with Crippen LogP contribution < -0.4 is 14.8 Å². The van der Waals surface area contributed by atoms with Crippen molar-refractivity contribution in [2.45, 2.75) is 13.5 Å². The lowest BCUT2D eigenvalue weighted by molar-refractivity contribution is 0.215. The van der Waals surface area contributed by atoms with E-state index in [9.17, 15) is 4.79 Å². The molecule has 0 atom stereocenters. The number of hydrogen-bond donors (Lipinski definition) is 1.